The minimum atomic E-state index is -3.76. The molecule has 0 radical (unpaired) electrons. The van der Waals surface area contributed by atoms with Gasteiger partial charge < -0.3 is 29.7 Å². The fourth-order valence-electron chi connectivity index (χ4n) is 4.73. The number of thioether (sulfide) groups is 1. The maximum Gasteiger partial charge on any atom is 0.354 e. The number of thiazole rings is 1. The van der Waals surface area contributed by atoms with Gasteiger partial charge in [-0.1, -0.05) is 0 Å². The van der Waals surface area contributed by atoms with E-state index in [4.69, 9.17) is 14.8 Å². The first kappa shape index (κ1) is 26.8. The normalized spacial score (nSPS) is 23.9. The molecular formula is C21H29N5O7PS2+. The van der Waals surface area contributed by atoms with E-state index in [0.717, 1.165) is 53.1 Å². The Labute approximate surface area is 216 Å². The van der Waals surface area contributed by atoms with Crippen molar-refractivity contribution in [3.63, 3.8) is 0 Å². The van der Waals surface area contributed by atoms with Gasteiger partial charge >= 0.3 is 13.6 Å². The van der Waals surface area contributed by atoms with Gasteiger partial charge in [0.1, 0.15) is 23.7 Å². The van der Waals surface area contributed by atoms with Gasteiger partial charge in [-0.2, -0.15) is 0 Å². The second-order valence-corrected chi connectivity index (χ2v) is 13.1. The van der Waals surface area contributed by atoms with Crippen molar-refractivity contribution in [2.24, 2.45) is 0 Å². The Morgan fingerprint density at radius 3 is 2.58 bits per heavy atom. The van der Waals surface area contributed by atoms with Crippen molar-refractivity contribution < 1.29 is 37.6 Å². The van der Waals surface area contributed by atoms with Crippen LogP contribution in [0.5, 0.6) is 0 Å². The molecule has 4 heterocycles. The fourth-order valence-corrected chi connectivity index (χ4v) is 7.56. The molecule has 1 aromatic rings. The molecule has 2 saturated heterocycles. The number of fused-ring (bicyclic) bond motifs is 1. The van der Waals surface area contributed by atoms with Gasteiger partial charge in [0, 0.05) is 49.6 Å². The van der Waals surface area contributed by atoms with Crippen molar-refractivity contribution in [2.45, 2.75) is 24.3 Å². The number of rotatable bonds is 9. The minimum Gasteiger partial charge on any atom is -0.477 e. The summed E-state index contributed by atoms with van der Waals surface area (Å²) in [5, 5.41) is 13.7. The lowest BCUT2D eigenvalue weighted by Crippen LogP contribution is -2.70. The number of carboxylic acids is 1. The number of carboxylic acid groups (broad SMARTS) is 1. The molecule has 15 heteroatoms. The highest BCUT2D eigenvalue weighted by Gasteiger charge is 2.55. The topological polar surface area (TPSA) is 161 Å². The van der Waals surface area contributed by atoms with Crippen LogP contribution in [-0.4, -0.2) is 95.3 Å². The highest BCUT2D eigenvalue weighted by molar-refractivity contribution is 8.00. The Bertz CT molecular complexity index is 1190. The third-order valence-corrected chi connectivity index (χ3v) is 10.2. The lowest BCUT2D eigenvalue weighted by Gasteiger charge is -2.50. The third kappa shape index (κ3) is 5.11. The molecule has 4 N–H and O–H groups in total. The molecule has 0 bridgehead atoms. The number of likely N-dealkylation sites (tertiary alicyclic amines) is 1. The van der Waals surface area contributed by atoms with E-state index in [0.29, 0.717) is 12.3 Å². The van der Waals surface area contributed by atoms with Crippen molar-refractivity contribution in [1.82, 2.24) is 15.2 Å². The number of nitrogen functional groups attached to an aromatic ring is 1. The number of hydrogen-bond acceptors (Lipinski definition) is 10. The van der Waals surface area contributed by atoms with Gasteiger partial charge in [0.25, 0.3) is 11.8 Å². The molecule has 4 rings (SSSR count). The summed E-state index contributed by atoms with van der Waals surface area (Å²) in [6, 6.07) is -0.959. The Kier molecular flexibility index (Phi) is 7.65. The van der Waals surface area contributed by atoms with Gasteiger partial charge in [-0.05, 0) is 0 Å². The molecule has 36 heavy (non-hydrogen) atoms. The van der Waals surface area contributed by atoms with Crippen LogP contribution < -0.4 is 11.1 Å². The lowest BCUT2D eigenvalue weighted by molar-refractivity contribution is -0.893. The van der Waals surface area contributed by atoms with Gasteiger partial charge in [-0.15, -0.1) is 23.1 Å². The van der Waals surface area contributed by atoms with E-state index in [-0.39, 0.29) is 22.1 Å². The average Bonchev–Trinajstić information content (AvgIpc) is 3.48. The van der Waals surface area contributed by atoms with Crippen LogP contribution >= 0.6 is 30.7 Å². The molecule has 2 amide bonds. The molecule has 1 aromatic heterocycles. The number of likely N-dealkylation sites (N-methyl/N-ethyl adjacent to an activating group) is 1. The second-order valence-electron chi connectivity index (χ2n) is 9.07. The molecular weight excluding hydrogens is 529 g/mol. The molecule has 3 aliphatic heterocycles. The summed E-state index contributed by atoms with van der Waals surface area (Å²) in [7, 11) is 0.702. The van der Waals surface area contributed by atoms with Crippen LogP contribution in [0, 0.1) is 0 Å². The summed E-state index contributed by atoms with van der Waals surface area (Å²) in [6.07, 6.45) is 2.19. The summed E-state index contributed by atoms with van der Waals surface area (Å²) >= 11 is 2.50. The smallest absolute Gasteiger partial charge is 0.354 e. The van der Waals surface area contributed by atoms with Crippen molar-refractivity contribution in [3.05, 3.63) is 28.2 Å². The van der Waals surface area contributed by atoms with Crippen LogP contribution in [0.2, 0.25) is 0 Å². The largest absolute Gasteiger partial charge is 0.477 e. The maximum atomic E-state index is 13.2. The van der Waals surface area contributed by atoms with Crippen molar-refractivity contribution in [1.29, 1.82) is 0 Å². The number of quaternary nitrogens is 1. The predicted octanol–water partition coefficient (Wildman–Crippen LogP) is 1.53. The zero-order valence-corrected chi connectivity index (χ0v) is 22.7. The highest BCUT2D eigenvalue weighted by atomic mass is 32.2. The third-order valence-electron chi connectivity index (χ3n) is 6.59. The van der Waals surface area contributed by atoms with Gasteiger partial charge in [0.2, 0.25) is 0 Å². The predicted molar refractivity (Wildman–Crippen MR) is 136 cm³/mol. The molecule has 0 aromatic carbocycles. The SMILES string of the molecule is COP(=O)(/C=C(\C(=O)N[C@@H]1C(=O)N2C(C(=O)O)=C(C[N+]3(C)CCCC3)CS[C@H]12)c1csc(N)n1)OC. The molecule has 0 unspecified atom stereocenters. The summed E-state index contributed by atoms with van der Waals surface area (Å²) in [5.74, 6) is -0.913. The van der Waals surface area contributed by atoms with Crippen LogP contribution in [0.25, 0.3) is 5.57 Å². The van der Waals surface area contributed by atoms with Crippen LogP contribution in [-0.2, 0) is 28.0 Å². The zero-order chi connectivity index (χ0) is 26.3. The monoisotopic (exact) mass is 558 g/mol. The number of hydrogen-bond donors (Lipinski definition) is 3. The first-order valence-corrected chi connectivity index (χ1v) is 14.7. The molecule has 12 nitrogen and oxygen atoms in total. The number of nitrogens with zero attached hydrogens (tertiary/aromatic N) is 3. The van der Waals surface area contributed by atoms with Crippen molar-refractivity contribution >= 4 is 59.2 Å². The number of carbonyl (C=O) groups is 3. The quantitative estimate of drug-likeness (QED) is 0.175. The van der Waals surface area contributed by atoms with Crippen LogP contribution in [0.4, 0.5) is 5.13 Å². The van der Waals surface area contributed by atoms with E-state index in [9.17, 15) is 24.1 Å². The van der Waals surface area contributed by atoms with Gasteiger partial charge in [-0.25, -0.2) is 9.78 Å². The Hall–Kier alpha value is -2.22. The number of nitrogens with one attached hydrogen (secondary N) is 1. The van der Waals surface area contributed by atoms with Crippen molar-refractivity contribution in [3.8, 4) is 0 Å². The number of amides is 2. The first-order valence-electron chi connectivity index (χ1n) is 11.2. The molecule has 2 fully saturated rings. The van der Waals surface area contributed by atoms with Gasteiger partial charge in [0.05, 0.1) is 31.4 Å². The number of carbonyl (C=O) groups excluding carboxylic acids is 2. The number of aromatic nitrogens is 1. The van der Waals surface area contributed by atoms with Crippen LogP contribution in [0.3, 0.4) is 0 Å². The fraction of sp³-hybridized carbons (Fsp3) is 0.524. The van der Waals surface area contributed by atoms with Crippen molar-refractivity contribution in [2.75, 3.05) is 52.4 Å². The van der Waals surface area contributed by atoms with Gasteiger partial charge in [-0.3, -0.25) is 19.1 Å². The zero-order valence-electron chi connectivity index (χ0n) is 20.1. The number of nitrogens with two attached hydrogens (primary N) is 1. The highest BCUT2D eigenvalue weighted by Crippen LogP contribution is 2.50. The molecule has 0 aliphatic carbocycles. The Morgan fingerprint density at radius 1 is 1.36 bits per heavy atom. The number of aliphatic carboxylic acids is 1. The van der Waals surface area contributed by atoms with E-state index in [1.54, 1.807) is 0 Å². The summed E-state index contributed by atoms with van der Waals surface area (Å²) < 4.78 is 23.3. The van der Waals surface area contributed by atoms with E-state index in [1.165, 1.54) is 36.3 Å². The molecule has 3 aliphatic rings. The Balaban J connectivity index is 1.57. The molecule has 196 valence electrons. The minimum absolute atomic E-state index is 0.00630. The Morgan fingerprint density at radius 2 is 2.03 bits per heavy atom. The number of anilines is 1. The van der Waals surface area contributed by atoms with Crippen LogP contribution in [0.15, 0.2) is 22.5 Å². The average molecular weight is 559 g/mol. The van der Waals surface area contributed by atoms with Gasteiger partial charge in [0.15, 0.2) is 5.13 Å². The van der Waals surface area contributed by atoms with Crippen LogP contribution in [0.1, 0.15) is 18.5 Å². The van der Waals surface area contributed by atoms with E-state index in [1.807, 2.05) is 0 Å². The van der Waals surface area contributed by atoms with E-state index >= 15 is 0 Å². The molecule has 2 atom stereocenters. The van der Waals surface area contributed by atoms with E-state index in [2.05, 4.69) is 17.3 Å². The van der Waals surface area contributed by atoms with E-state index < -0.39 is 36.8 Å². The maximum absolute atomic E-state index is 13.2. The standard InChI is InChI=1S/C21H28N5O7PS2/c1-26(6-4-5-7-26)8-12-10-35-19-15(18(28)25(19)16(12)20(29)30)24-17(27)13(9-34(31,32-2)33-3)14-11-36-21(22)23-14/h9,11,15,19H,4-8,10H2,1-3H3,(H3-,22,23,24,27,29,30)/p+1/b13-9-/t15-,19-/m1/s1. The first-order chi connectivity index (χ1) is 17.0. The molecule has 0 spiro atoms. The summed E-state index contributed by atoms with van der Waals surface area (Å²) in [5.41, 5.74) is 6.47. The lowest BCUT2D eigenvalue weighted by atomic mass is 10.0. The summed E-state index contributed by atoms with van der Waals surface area (Å²) in [4.78, 5) is 43.9. The second kappa shape index (κ2) is 10.3. The summed E-state index contributed by atoms with van der Waals surface area (Å²) in [6.45, 7) is 2.52. The number of β-lactam (4-membered cyclic amide) rings is 1. The molecule has 0 saturated carbocycles.